The zero-order valence-corrected chi connectivity index (χ0v) is 14.4. The number of aromatic nitrogens is 3. The molecule has 2 N–H and O–H groups in total. The molecule has 2 aromatic heterocycles. The molecular weight excluding hydrogens is 318 g/mol. The van der Waals surface area contributed by atoms with Crippen LogP contribution in [0, 0.1) is 6.92 Å². The molecule has 1 amide bonds. The number of amides is 1. The molecule has 2 aromatic rings. The first-order valence-corrected chi connectivity index (χ1v) is 8.46. The molecule has 3 heterocycles. The first-order valence-electron chi connectivity index (χ1n) is 8.46. The summed E-state index contributed by atoms with van der Waals surface area (Å²) in [7, 11) is 0. The Kier molecular flexibility index (Phi) is 5.23. The van der Waals surface area contributed by atoms with Gasteiger partial charge in [0.2, 0.25) is 5.91 Å². The lowest BCUT2D eigenvalue weighted by atomic mass is 9.92. The summed E-state index contributed by atoms with van der Waals surface area (Å²) >= 11 is 0. The van der Waals surface area contributed by atoms with Crippen molar-refractivity contribution in [1.29, 1.82) is 0 Å². The molecular formula is C18H23N5O2. The topological polar surface area (TPSA) is 91.2 Å². The van der Waals surface area contributed by atoms with Gasteiger partial charge in [0, 0.05) is 43.8 Å². The van der Waals surface area contributed by atoms with Gasteiger partial charge in [-0.2, -0.15) is 0 Å². The molecule has 3 rings (SSSR count). The number of hydrogen-bond acceptors (Lipinski definition) is 6. The Morgan fingerprint density at radius 1 is 1.44 bits per heavy atom. The Morgan fingerprint density at radius 3 is 3.08 bits per heavy atom. The number of anilines is 1. The molecule has 132 valence electrons. The molecule has 1 aliphatic heterocycles. The van der Waals surface area contributed by atoms with Crippen molar-refractivity contribution in [3.05, 3.63) is 48.2 Å². The molecule has 0 aliphatic carbocycles. The molecule has 1 atom stereocenters. The highest BCUT2D eigenvalue weighted by atomic mass is 16.3. The van der Waals surface area contributed by atoms with Crippen LogP contribution in [0.1, 0.15) is 24.1 Å². The Balaban J connectivity index is 1.56. The van der Waals surface area contributed by atoms with Crippen LogP contribution >= 0.6 is 0 Å². The molecule has 0 bridgehead atoms. The van der Waals surface area contributed by atoms with Gasteiger partial charge in [0.1, 0.15) is 12.1 Å². The van der Waals surface area contributed by atoms with E-state index < -0.39 is 5.60 Å². The van der Waals surface area contributed by atoms with Crippen LogP contribution in [0.25, 0.3) is 0 Å². The molecule has 7 nitrogen and oxygen atoms in total. The van der Waals surface area contributed by atoms with Crippen LogP contribution in [-0.2, 0) is 11.2 Å². The Hall–Kier alpha value is -2.54. The van der Waals surface area contributed by atoms with E-state index in [2.05, 4.69) is 20.3 Å². The SMILES string of the molecule is Cc1cc(N2CCC[C@](O)(CNC(=O)Cc3cccnc3)C2)ncn1. The molecule has 0 unspecified atom stereocenters. The third kappa shape index (κ3) is 4.73. The first kappa shape index (κ1) is 17.3. The van der Waals surface area contributed by atoms with Gasteiger partial charge >= 0.3 is 0 Å². The Morgan fingerprint density at radius 2 is 2.32 bits per heavy atom. The lowest BCUT2D eigenvalue weighted by Crippen LogP contribution is -2.54. The van der Waals surface area contributed by atoms with Gasteiger partial charge in [-0.05, 0) is 31.4 Å². The van der Waals surface area contributed by atoms with Crippen LogP contribution < -0.4 is 10.2 Å². The second-order valence-corrected chi connectivity index (χ2v) is 6.58. The largest absolute Gasteiger partial charge is 0.386 e. The molecule has 0 radical (unpaired) electrons. The number of rotatable bonds is 5. The number of aliphatic hydroxyl groups is 1. The van der Waals surface area contributed by atoms with Crippen molar-refractivity contribution < 1.29 is 9.90 Å². The highest BCUT2D eigenvalue weighted by molar-refractivity contribution is 5.78. The van der Waals surface area contributed by atoms with Crippen LogP contribution in [0.2, 0.25) is 0 Å². The summed E-state index contributed by atoms with van der Waals surface area (Å²) in [5.41, 5.74) is 0.791. The summed E-state index contributed by atoms with van der Waals surface area (Å²) in [6.07, 6.45) is 6.65. The minimum absolute atomic E-state index is 0.114. The van der Waals surface area contributed by atoms with E-state index >= 15 is 0 Å². The van der Waals surface area contributed by atoms with Gasteiger partial charge in [0.05, 0.1) is 12.0 Å². The number of carbonyl (C=O) groups is 1. The van der Waals surface area contributed by atoms with Crippen LogP contribution in [0.3, 0.4) is 0 Å². The first-order chi connectivity index (χ1) is 12.0. The lowest BCUT2D eigenvalue weighted by molar-refractivity contribution is -0.121. The van der Waals surface area contributed by atoms with Gasteiger partial charge in [-0.25, -0.2) is 9.97 Å². The zero-order valence-electron chi connectivity index (χ0n) is 14.4. The van der Waals surface area contributed by atoms with E-state index in [1.54, 1.807) is 18.5 Å². The summed E-state index contributed by atoms with van der Waals surface area (Å²) < 4.78 is 0. The number of hydrogen-bond donors (Lipinski definition) is 2. The quantitative estimate of drug-likeness (QED) is 0.838. The van der Waals surface area contributed by atoms with Gasteiger partial charge in [-0.1, -0.05) is 6.07 Å². The number of nitrogens with one attached hydrogen (secondary N) is 1. The second-order valence-electron chi connectivity index (χ2n) is 6.58. The van der Waals surface area contributed by atoms with Crippen molar-refractivity contribution >= 4 is 11.7 Å². The van der Waals surface area contributed by atoms with E-state index in [9.17, 15) is 9.90 Å². The minimum atomic E-state index is -0.957. The number of piperidine rings is 1. The summed E-state index contributed by atoms with van der Waals surface area (Å²) in [5.74, 6) is 0.698. The van der Waals surface area contributed by atoms with Gasteiger partial charge in [0.25, 0.3) is 0 Å². The maximum absolute atomic E-state index is 12.1. The smallest absolute Gasteiger partial charge is 0.224 e. The fraction of sp³-hybridized carbons (Fsp3) is 0.444. The molecule has 0 saturated carbocycles. The van der Waals surface area contributed by atoms with Crippen molar-refractivity contribution in [3.8, 4) is 0 Å². The number of nitrogens with zero attached hydrogens (tertiary/aromatic N) is 4. The standard InChI is InChI=1S/C18H23N5O2/c1-14-8-16(22-13-21-14)23-7-3-5-18(25,12-23)11-20-17(24)9-15-4-2-6-19-10-15/h2,4,6,8,10,13,25H,3,5,7,9,11-12H2,1H3,(H,20,24)/t18-/m0/s1. The van der Waals surface area contributed by atoms with E-state index in [0.29, 0.717) is 13.0 Å². The molecule has 1 fully saturated rings. The van der Waals surface area contributed by atoms with E-state index in [-0.39, 0.29) is 18.9 Å². The van der Waals surface area contributed by atoms with E-state index in [0.717, 1.165) is 30.0 Å². The minimum Gasteiger partial charge on any atom is -0.386 e. The summed E-state index contributed by atoms with van der Waals surface area (Å²) in [6.45, 7) is 3.42. The maximum Gasteiger partial charge on any atom is 0.224 e. The monoisotopic (exact) mass is 341 g/mol. The molecule has 1 saturated heterocycles. The summed E-state index contributed by atoms with van der Waals surface area (Å²) in [5, 5.41) is 13.7. The molecule has 7 heteroatoms. The average Bonchev–Trinajstić information content (AvgIpc) is 2.61. The van der Waals surface area contributed by atoms with E-state index in [1.165, 1.54) is 6.33 Å². The van der Waals surface area contributed by atoms with Crippen molar-refractivity contribution in [3.63, 3.8) is 0 Å². The predicted molar refractivity (Wildman–Crippen MR) is 94.1 cm³/mol. The second kappa shape index (κ2) is 7.57. The molecule has 0 aromatic carbocycles. The lowest BCUT2D eigenvalue weighted by Gasteiger charge is -2.39. The van der Waals surface area contributed by atoms with Crippen molar-refractivity contribution in [2.45, 2.75) is 31.8 Å². The summed E-state index contributed by atoms with van der Waals surface area (Å²) in [4.78, 5) is 26.6. The van der Waals surface area contributed by atoms with Crippen molar-refractivity contribution in [2.24, 2.45) is 0 Å². The van der Waals surface area contributed by atoms with E-state index in [4.69, 9.17) is 0 Å². The normalized spacial score (nSPS) is 20.3. The highest BCUT2D eigenvalue weighted by Crippen LogP contribution is 2.24. The number of carbonyl (C=O) groups excluding carboxylic acids is 1. The van der Waals surface area contributed by atoms with E-state index in [1.807, 2.05) is 24.0 Å². The van der Waals surface area contributed by atoms with Gasteiger partial charge in [-0.15, -0.1) is 0 Å². The Bertz CT molecular complexity index is 724. The third-order valence-corrected chi connectivity index (χ3v) is 4.37. The Labute approximate surface area is 147 Å². The zero-order chi connectivity index (χ0) is 17.7. The van der Waals surface area contributed by atoms with Crippen LogP contribution in [0.5, 0.6) is 0 Å². The van der Waals surface area contributed by atoms with Gasteiger partial charge in [0.15, 0.2) is 0 Å². The van der Waals surface area contributed by atoms with Crippen LogP contribution in [0.4, 0.5) is 5.82 Å². The summed E-state index contributed by atoms with van der Waals surface area (Å²) in [6, 6.07) is 5.58. The molecule has 1 aliphatic rings. The average molecular weight is 341 g/mol. The maximum atomic E-state index is 12.1. The van der Waals surface area contributed by atoms with Crippen LogP contribution in [-0.4, -0.2) is 51.2 Å². The van der Waals surface area contributed by atoms with Gasteiger partial charge in [-0.3, -0.25) is 9.78 Å². The highest BCUT2D eigenvalue weighted by Gasteiger charge is 2.34. The molecule has 0 spiro atoms. The van der Waals surface area contributed by atoms with Gasteiger partial charge < -0.3 is 15.3 Å². The van der Waals surface area contributed by atoms with Crippen molar-refractivity contribution in [1.82, 2.24) is 20.3 Å². The fourth-order valence-corrected chi connectivity index (χ4v) is 3.08. The predicted octanol–water partition coefficient (Wildman–Crippen LogP) is 0.870. The molecule has 25 heavy (non-hydrogen) atoms. The number of β-amino-alcohol motifs (C(OH)–C–C–N with tert-alkyl or cyclic N) is 1. The number of aryl methyl sites for hydroxylation is 1. The number of pyridine rings is 1. The third-order valence-electron chi connectivity index (χ3n) is 4.37. The fourth-order valence-electron chi connectivity index (χ4n) is 3.08. The van der Waals surface area contributed by atoms with Crippen molar-refractivity contribution in [2.75, 3.05) is 24.5 Å². The van der Waals surface area contributed by atoms with Crippen LogP contribution in [0.15, 0.2) is 36.9 Å².